The monoisotopic (exact) mass is 380 g/mol. The van der Waals surface area contributed by atoms with Gasteiger partial charge in [-0.25, -0.2) is 9.18 Å². The van der Waals surface area contributed by atoms with E-state index in [1.54, 1.807) is 13.8 Å². The molecule has 2 rings (SSSR count). The summed E-state index contributed by atoms with van der Waals surface area (Å²) in [6.07, 6.45) is 0. The van der Waals surface area contributed by atoms with E-state index in [0.29, 0.717) is 11.3 Å². The second-order valence-electron chi connectivity index (χ2n) is 5.14. The minimum absolute atomic E-state index is 0.0492. The number of carbonyl (C=O) groups is 3. The van der Waals surface area contributed by atoms with Gasteiger partial charge in [-0.2, -0.15) is 0 Å². The Hall–Kier alpha value is -2.94. The smallest absolute Gasteiger partial charge is 0.348 e. The summed E-state index contributed by atoms with van der Waals surface area (Å²) in [5.74, 6) is -2.04. The Balaban J connectivity index is 2.13. The molecule has 0 saturated carbocycles. The first-order valence-corrected chi connectivity index (χ1v) is 8.43. The molecule has 0 saturated heterocycles. The SMILES string of the molecule is CCOC(=O)c1sc(NC(=O)COc2ccc(F)cc2)c(C(N)=O)c1C. The van der Waals surface area contributed by atoms with Crippen LogP contribution in [-0.4, -0.2) is 31.0 Å². The van der Waals surface area contributed by atoms with Crippen LogP contribution in [0.4, 0.5) is 9.39 Å². The van der Waals surface area contributed by atoms with Gasteiger partial charge in [-0.3, -0.25) is 9.59 Å². The molecular formula is C17H17FN2O5S. The minimum atomic E-state index is -0.774. The molecule has 0 atom stereocenters. The normalized spacial score (nSPS) is 10.3. The van der Waals surface area contributed by atoms with Gasteiger partial charge in [0.05, 0.1) is 12.2 Å². The largest absolute Gasteiger partial charge is 0.484 e. The molecule has 0 radical (unpaired) electrons. The summed E-state index contributed by atoms with van der Waals surface area (Å²) in [7, 11) is 0. The van der Waals surface area contributed by atoms with Crippen LogP contribution in [0.3, 0.4) is 0 Å². The first-order valence-electron chi connectivity index (χ1n) is 7.62. The number of rotatable bonds is 7. The van der Waals surface area contributed by atoms with Crippen molar-refractivity contribution in [3.63, 3.8) is 0 Å². The zero-order valence-electron chi connectivity index (χ0n) is 14.1. The van der Waals surface area contributed by atoms with Crippen LogP contribution in [0.1, 0.15) is 32.5 Å². The van der Waals surface area contributed by atoms with Crippen molar-refractivity contribution in [2.75, 3.05) is 18.5 Å². The molecule has 1 aromatic carbocycles. The standard InChI is InChI=1S/C17H17FN2O5S/c1-3-24-17(23)14-9(2)13(15(19)22)16(26-14)20-12(21)8-25-11-6-4-10(18)5-7-11/h4-7H,3,8H2,1-2H3,(H2,19,22)(H,20,21). The van der Waals surface area contributed by atoms with Crippen LogP contribution in [0.15, 0.2) is 24.3 Å². The first-order chi connectivity index (χ1) is 12.3. The number of hydrogen-bond donors (Lipinski definition) is 2. The second kappa shape index (κ2) is 8.43. The lowest BCUT2D eigenvalue weighted by Gasteiger charge is -2.07. The van der Waals surface area contributed by atoms with E-state index in [1.807, 2.05) is 0 Å². The van der Waals surface area contributed by atoms with Crippen LogP contribution in [0.2, 0.25) is 0 Å². The summed E-state index contributed by atoms with van der Waals surface area (Å²) in [5.41, 5.74) is 5.75. The average molecular weight is 380 g/mol. The molecular weight excluding hydrogens is 363 g/mol. The zero-order valence-corrected chi connectivity index (χ0v) is 14.9. The van der Waals surface area contributed by atoms with E-state index in [2.05, 4.69) is 5.32 Å². The van der Waals surface area contributed by atoms with Crippen molar-refractivity contribution < 1.29 is 28.2 Å². The van der Waals surface area contributed by atoms with Crippen LogP contribution >= 0.6 is 11.3 Å². The molecule has 2 amide bonds. The number of primary amides is 1. The van der Waals surface area contributed by atoms with Gasteiger partial charge in [0.2, 0.25) is 0 Å². The summed E-state index contributed by atoms with van der Waals surface area (Å²) < 4.78 is 23.0. The molecule has 1 heterocycles. The molecule has 0 aliphatic carbocycles. The van der Waals surface area contributed by atoms with Crippen molar-refractivity contribution >= 4 is 34.1 Å². The fourth-order valence-electron chi connectivity index (χ4n) is 2.13. The molecule has 7 nitrogen and oxygen atoms in total. The number of hydrogen-bond acceptors (Lipinski definition) is 6. The number of esters is 1. The summed E-state index contributed by atoms with van der Waals surface area (Å²) in [6, 6.07) is 5.16. The number of halogens is 1. The highest BCUT2D eigenvalue weighted by molar-refractivity contribution is 7.18. The summed E-state index contributed by atoms with van der Waals surface area (Å²) in [6.45, 7) is 3.02. The molecule has 0 spiro atoms. The van der Waals surface area contributed by atoms with Gasteiger partial charge < -0.3 is 20.5 Å². The number of thiophene rings is 1. The molecule has 138 valence electrons. The van der Waals surface area contributed by atoms with Gasteiger partial charge in [-0.15, -0.1) is 11.3 Å². The van der Waals surface area contributed by atoms with E-state index in [1.165, 1.54) is 24.3 Å². The summed E-state index contributed by atoms with van der Waals surface area (Å²) in [4.78, 5) is 35.9. The molecule has 3 N–H and O–H groups in total. The lowest BCUT2D eigenvalue weighted by atomic mass is 10.1. The molecule has 1 aromatic heterocycles. The van der Waals surface area contributed by atoms with Crippen molar-refractivity contribution in [3.05, 3.63) is 46.1 Å². The molecule has 0 aliphatic rings. The van der Waals surface area contributed by atoms with Crippen LogP contribution < -0.4 is 15.8 Å². The highest BCUT2D eigenvalue weighted by atomic mass is 32.1. The predicted molar refractivity (Wildman–Crippen MR) is 94.1 cm³/mol. The Morgan fingerprint density at radius 3 is 2.46 bits per heavy atom. The van der Waals surface area contributed by atoms with Crippen molar-refractivity contribution in [1.82, 2.24) is 0 Å². The van der Waals surface area contributed by atoms with E-state index in [0.717, 1.165) is 11.3 Å². The van der Waals surface area contributed by atoms with Gasteiger partial charge in [0.15, 0.2) is 6.61 Å². The topological polar surface area (TPSA) is 108 Å². The van der Waals surface area contributed by atoms with Gasteiger partial charge in [0.1, 0.15) is 21.4 Å². The Morgan fingerprint density at radius 1 is 1.23 bits per heavy atom. The maximum Gasteiger partial charge on any atom is 0.348 e. The second-order valence-corrected chi connectivity index (χ2v) is 6.16. The van der Waals surface area contributed by atoms with Crippen LogP contribution in [-0.2, 0) is 9.53 Å². The number of nitrogens with one attached hydrogen (secondary N) is 1. The quantitative estimate of drug-likeness (QED) is 0.718. The summed E-state index contributed by atoms with van der Waals surface area (Å²) in [5, 5.41) is 2.65. The first kappa shape index (κ1) is 19.4. The maximum absolute atomic E-state index is 12.8. The van der Waals surface area contributed by atoms with E-state index >= 15 is 0 Å². The van der Waals surface area contributed by atoms with Crippen molar-refractivity contribution in [1.29, 1.82) is 0 Å². The molecule has 0 bridgehead atoms. The van der Waals surface area contributed by atoms with Gasteiger partial charge in [0, 0.05) is 0 Å². The molecule has 2 aromatic rings. The highest BCUT2D eigenvalue weighted by Gasteiger charge is 2.25. The molecule has 0 unspecified atom stereocenters. The Bertz CT molecular complexity index is 832. The molecule has 26 heavy (non-hydrogen) atoms. The zero-order chi connectivity index (χ0) is 19.3. The fraction of sp³-hybridized carbons (Fsp3) is 0.235. The van der Waals surface area contributed by atoms with Crippen molar-refractivity contribution in [2.45, 2.75) is 13.8 Å². The van der Waals surface area contributed by atoms with E-state index in [9.17, 15) is 18.8 Å². The van der Waals surface area contributed by atoms with Crippen LogP contribution in [0.5, 0.6) is 5.75 Å². The van der Waals surface area contributed by atoms with Gasteiger partial charge in [-0.05, 0) is 43.7 Å². The third-order valence-corrected chi connectivity index (χ3v) is 4.48. The molecule has 9 heteroatoms. The van der Waals surface area contributed by atoms with E-state index in [4.69, 9.17) is 15.2 Å². The predicted octanol–water partition coefficient (Wildman–Crippen LogP) is 2.49. The van der Waals surface area contributed by atoms with Crippen molar-refractivity contribution in [2.24, 2.45) is 5.73 Å². The lowest BCUT2D eigenvalue weighted by molar-refractivity contribution is -0.118. The minimum Gasteiger partial charge on any atom is -0.484 e. The number of ether oxygens (including phenoxy) is 2. The van der Waals surface area contributed by atoms with E-state index in [-0.39, 0.29) is 28.7 Å². The number of nitrogens with two attached hydrogens (primary N) is 1. The fourth-order valence-corrected chi connectivity index (χ4v) is 3.25. The van der Waals surface area contributed by atoms with Gasteiger partial charge in [-0.1, -0.05) is 0 Å². The number of amides is 2. The average Bonchev–Trinajstić information content (AvgIpc) is 2.91. The third kappa shape index (κ3) is 4.57. The Kier molecular flexibility index (Phi) is 6.29. The Morgan fingerprint density at radius 2 is 1.88 bits per heavy atom. The van der Waals surface area contributed by atoms with Crippen LogP contribution in [0, 0.1) is 12.7 Å². The number of anilines is 1. The summed E-state index contributed by atoms with van der Waals surface area (Å²) >= 11 is 0.902. The van der Waals surface area contributed by atoms with Crippen molar-refractivity contribution in [3.8, 4) is 5.75 Å². The highest BCUT2D eigenvalue weighted by Crippen LogP contribution is 2.33. The number of benzene rings is 1. The van der Waals surface area contributed by atoms with Gasteiger partial charge in [0.25, 0.3) is 11.8 Å². The van der Waals surface area contributed by atoms with E-state index < -0.39 is 23.6 Å². The third-order valence-electron chi connectivity index (χ3n) is 3.29. The number of carbonyl (C=O) groups excluding carboxylic acids is 3. The molecule has 0 aliphatic heterocycles. The Labute approximate surface area is 152 Å². The van der Waals surface area contributed by atoms with Crippen LogP contribution in [0.25, 0.3) is 0 Å². The maximum atomic E-state index is 12.8. The molecule has 0 fully saturated rings. The van der Waals surface area contributed by atoms with Gasteiger partial charge >= 0.3 is 5.97 Å². The lowest BCUT2D eigenvalue weighted by Crippen LogP contribution is -2.22.